The van der Waals surface area contributed by atoms with E-state index in [1.807, 2.05) is 0 Å². The second-order valence-corrected chi connectivity index (χ2v) is 6.01. The molecule has 0 unspecified atom stereocenters. The van der Waals surface area contributed by atoms with Crippen LogP contribution in [0.3, 0.4) is 0 Å². The topological polar surface area (TPSA) is 111 Å². The summed E-state index contributed by atoms with van der Waals surface area (Å²) in [5, 5.41) is 12.2. The number of aromatic hydroxyl groups is 1. The van der Waals surface area contributed by atoms with Crippen molar-refractivity contribution in [1.29, 1.82) is 0 Å². The number of alkyl carbamates (subject to hydrolysis) is 1. The number of amides is 1. The van der Waals surface area contributed by atoms with E-state index in [1.54, 1.807) is 39.8 Å². The van der Waals surface area contributed by atoms with Gasteiger partial charge in [0.1, 0.15) is 11.1 Å². The number of nitrogens with zero attached hydrogens (tertiary/aromatic N) is 1. The number of benzene rings is 1. The van der Waals surface area contributed by atoms with E-state index >= 15 is 0 Å². The average molecular weight is 336 g/mol. The average Bonchev–Trinajstić information content (AvgIpc) is 2.88. The number of fused-ring (bicyclic) bond motifs is 1. The number of phenols is 1. The van der Waals surface area contributed by atoms with Crippen molar-refractivity contribution in [2.45, 2.75) is 39.3 Å². The van der Waals surface area contributed by atoms with Crippen molar-refractivity contribution in [3.63, 3.8) is 0 Å². The summed E-state index contributed by atoms with van der Waals surface area (Å²) in [6, 6.07) is 3.34. The molecule has 8 heteroatoms. The van der Waals surface area contributed by atoms with Crippen molar-refractivity contribution in [2.75, 3.05) is 6.61 Å². The van der Waals surface area contributed by atoms with E-state index in [9.17, 15) is 14.7 Å². The molecule has 1 aromatic heterocycles. The van der Waals surface area contributed by atoms with Gasteiger partial charge < -0.3 is 19.0 Å². The number of carbonyl (C=O) groups is 2. The number of oxazole rings is 1. The smallest absolute Gasteiger partial charge is 0.408 e. The molecule has 0 aliphatic carbocycles. The zero-order valence-electron chi connectivity index (χ0n) is 14.0. The summed E-state index contributed by atoms with van der Waals surface area (Å²) in [6.07, 6.45) is -0.813. The molecule has 0 fully saturated rings. The number of ether oxygens (including phenoxy) is 2. The van der Waals surface area contributed by atoms with Crippen LogP contribution < -0.4 is 5.32 Å². The first-order valence-electron chi connectivity index (χ1n) is 7.46. The molecule has 8 nitrogen and oxygen atoms in total. The van der Waals surface area contributed by atoms with Crippen LogP contribution in [-0.4, -0.2) is 34.4 Å². The predicted octanol–water partition coefficient (Wildman–Crippen LogP) is 2.66. The maximum atomic E-state index is 12.2. The summed E-state index contributed by atoms with van der Waals surface area (Å²) in [7, 11) is 0. The zero-order valence-corrected chi connectivity index (χ0v) is 14.0. The monoisotopic (exact) mass is 336 g/mol. The molecule has 0 aliphatic rings. The largest absolute Gasteiger partial charge is 0.504 e. The quantitative estimate of drug-likeness (QED) is 0.826. The normalized spacial score (nSPS) is 12.7. The van der Waals surface area contributed by atoms with Gasteiger partial charge in [0.2, 0.25) is 11.9 Å². The highest BCUT2D eigenvalue weighted by molar-refractivity contribution is 5.84. The van der Waals surface area contributed by atoms with Crippen LogP contribution in [0.2, 0.25) is 0 Å². The fourth-order valence-electron chi connectivity index (χ4n) is 1.95. The molecular formula is C16H20N2O6. The van der Waals surface area contributed by atoms with Gasteiger partial charge in [0.05, 0.1) is 6.61 Å². The van der Waals surface area contributed by atoms with Crippen LogP contribution in [0, 0.1) is 0 Å². The Kier molecular flexibility index (Phi) is 4.96. The molecule has 0 saturated heterocycles. The van der Waals surface area contributed by atoms with E-state index < -0.39 is 23.7 Å². The van der Waals surface area contributed by atoms with Crippen molar-refractivity contribution < 1.29 is 28.6 Å². The Bertz CT molecular complexity index is 747. The highest BCUT2D eigenvalue weighted by Gasteiger charge is 2.31. The van der Waals surface area contributed by atoms with Crippen molar-refractivity contribution in [3.8, 4) is 5.75 Å². The maximum Gasteiger partial charge on any atom is 0.408 e. The summed E-state index contributed by atoms with van der Waals surface area (Å²) in [6.45, 7) is 6.85. The highest BCUT2D eigenvalue weighted by atomic mass is 16.6. The Morgan fingerprint density at radius 1 is 1.38 bits per heavy atom. The minimum absolute atomic E-state index is 0.101. The number of hydrogen-bond acceptors (Lipinski definition) is 7. The number of para-hydroxylation sites is 1. The standard InChI is InChI=1S/C16H20N2O6/c1-5-22-14(20)11(18-15(21)24-16(2,3)4)13-17-9-7-6-8-10(19)12(9)23-13/h6-8,11,19H,5H2,1-4H3,(H,18,21)/t11-/m0/s1. The maximum absolute atomic E-state index is 12.2. The molecule has 24 heavy (non-hydrogen) atoms. The van der Waals surface area contributed by atoms with Gasteiger partial charge in [-0.15, -0.1) is 0 Å². The Hall–Kier alpha value is -2.77. The van der Waals surface area contributed by atoms with E-state index in [4.69, 9.17) is 13.9 Å². The van der Waals surface area contributed by atoms with Gasteiger partial charge in [-0.2, -0.15) is 0 Å². The van der Waals surface area contributed by atoms with Crippen molar-refractivity contribution in [1.82, 2.24) is 10.3 Å². The number of nitrogens with one attached hydrogen (secondary N) is 1. The van der Waals surface area contributed by atoms with Crippen molar-refractivity contribution in [3.05, 3.63) is 24.1 Å². The fourth-order valence-corrected chi connectivity index (χ4v) is 1.95. The molecule has 0 radical (unpaired) electrons. The number of aromatic nitrogens is 1. The summed E-state index contributed by atoms with van der Waals surface area (Å²) < 4.78 is 15.5. The lowest BCUT2D eigenvalue weighted by atomic mass is 10.2. The first-order chi connectivity index (χ1) is 11.2. The molecule has 0 spiro atoms. The predicted molar refractivity (Wildman–Crippen MR) is 84.4 cm³/mol. The number of esters is 1. The van der Waals surface area contributed by atoms with E-state index in [1.165, 1.54) is 6.07 Å². The third-order valence-electron chi connectivity index (χ3n) is 2.84. The molecule has 2 aromatic rings. The molecular weight excluding hydrogens is 316 g/mol. The van der Waals surface area contributed by atoms with Crippen LogP contribution in [0.4, 0.5) is 4.79 Å². The van der Waals surface area contributed by atoms with E-state index in [2.05, 4.69) is 10.3 Å². The molecule has 2 N–H and O–H groups in total. The summed E-state index contributed by atoms with van der Waals surface area (Å²) in [5.41, 5.74) is -0.263. The number of phenolic OH excluding ortho intramolecular Hbond substituents is 1. The molecule has 0 bridgehead atoms. The number of hydrogen-bond donors (Lipinski definition) is 2. The van der Waals surface area contributed by atoms with Gasteiger partial charge in [-0.1, -0.05) is 6.07 Å². The SMILES string of the molecule is CCOC(=O)[C@@H](NC(=O)OC(C)(C)C)c1nc2cccc(O)c2o1. The van der Waals surface area contributed by atoms with Crippen LogP contribution in [0.5, 0.6) is 5.75 Å². The van der Waals surface area contributed by atoms with Gasteiger partial charge in [-0.05, 0) is 39.8 Å². The third-order valence-corrected chi connectivity index (χ3v) is 2.84. The third kappa shape index (κ3) is 4.15. The molecule has 1 amide bonds. The first-order valence-corrected chi connectivity index (χ1v) is 7.46. The van der Waals surface area contributed by atoms with E-state index in [0.29, 0.717) is 5.52 Å². The van der Waals surface area contributed by atoms with Gasteiger partial charge in [-0.25, -0.2) is 14.6 Å². The van der Waals surface area contributed by atoms with Crippen LogP contribution in [0.15, 0.2) is 22.6 Å². The van der Waals surface area contributed by atoms with Gasteiger partial charge in [0, 0.05) is 0 Å². The van der Waals surface area contributed by atoms with Crippen LogP contribution in [-0.2, 0) is 14.3 Å². The van der Waals surface area contributed by atoms with Gasteiger partial charge in [0.15, 0.2) is 11.3 Å². The Balaban J connectivity index is 2.32. The summed E-state index contributed by atoms with van der Waals surface area (Å²) >= 11 is 0. The fraction of sp³-hybridized carbons (Fsp3) is 0.438. The lowest BCUT2D eigenvalue weighted by molar-refractivity contribution is -0.146. The molecule has 0 aliphatic heterocycles. The second kappa shape index (κ2) is 6.77. The molecule has 130 valence electrons. The molecule has 1 heterocycles. The van der Waals surface area contributed by atoms with Crippen molar-refractivity contribution in [2.24, 2.45) is 0 Å². The second-order valence-electron chi connectivity index (χ2n) is 6.01. The Labute approximate surface area is 138 Å². The van der Waals surface area contributed by atoms with Crippen LogP contribution in [0.25, 0.3) is 11.1 Å². The molecule has 2 rings (SSSR count). The van der Waals surface area contributed by atoms with Crippen LogP contribution >= 0.6 is 0 Å². The van der Waals surface area contributed by atoms with Crippen molar-refractivity contribution >= 4 is 23.2 Å². The summed E-state index contributed by atoms with van der Waals surface area (Å²) in [4.78, 5) is 28.3. The zero-order chi connectivity index (χ0) is 17.9. The molecule has 0 saturated carbocycles. The first kappa shape index (κ1) is 17.6. The van der Waals surface area contributed by atoms with Gasteiger partial charge in [0.25, 0.3) is 0 Å². The van der Waals surface area contributed by atoms with Gasteiger partial charge >= 0.3 is 12.1 Å². The highest BCUT2D eigenvalue weighted by Crippen LogP contribution is 2.28. The number of carbonyl (C=O) groups excluding carboxylic acids is 2. The minimum atomic E-state index is -1.29. The number of rotatable bonds is 4. The summed E-state index contributed by atoms with van der Waals surface area (Å²) in [5.74, 6) is -0.962. The Morgan fingerprint density at radius 2 is 2.08 bits per heavy atom. The van der Waals surface area contributed by atoms with Gasteiger partial charge in [-0.3, -0.25) is 5.32 Å². The van der Waals surface area contributed by atoms with E-state index in [0.717, 1.165) is 0 Å². The lowest BCUT2D eigenvalue weighted by Gasteiger charge is -2.21. The lowest BCUT2D eigenvalue weighted by Crippen LogP contribution is -2.39. The minimum Gasteiger partial charge on any atom is -0.504 e. The van der Waals surface area contributed by atoms with Crippen LogP contribution in [0.1, 0.15) is 39.6 Å². The van der Waals surface area contributed by atoms with E-state index in [-0.39, 0.29) is 23.8 Å². The Morgan fingerprint density at radius 3 is 2.67 bits per heavy atom. The molecule has 1 atom stereocenters. The molecule has 1 aromatic carbocycles.